The molecule has 1 aromatic carbocycles. The molecule has 0 aromatic heterocycles. The van der Waals surface area contributed by atoms with Crippen LogP contribution in [-0.2, 0) is 10.2 Å². The monoisotopic (exact) mass is 254 g/mol. The summed E-state index contributed by atoms with van der Waals surface area (Å²) >= 11 is 0.493. The van der Waals surface area contributed by atoms with Gasteiger partial charge in [-0.15, -0.1) is 0 Å². The molecule has 1 aromatic rings. The van der Waals surface area contributed by atoms with Gasteiger partial charge in [-0.1, -0.05) is 66.8 Å². The molecule has 3 nitrogen and oxygen atoms in total. The average molecular weight is 254 g/mol. The van der Waals surface area contributed by atoms with Gasteiger partial charge in [0.25, 0.3) is 0 Å². The van der Waals surface area contributed by atoms with Crippen molar-refractivity contribution in [2.24, 2.45) is 5.84 Å². The Balaban J connectivity index is 2.57. The molecule has 1 aliphatic rings. The molecule has 0 heterocycles. The van der Waals surface area contributed by atoms with Crippen molar-refractivity contribution in [3.05, 3.63) is 72.4 Å². The van der Waals surface area contributed by atoms with Gasteiger partial charge in [0.15, 0.2) is 0 Å². The summed E-state index contributed by atoms with van der Waals surface area (Å²) in [7, 11) is 0. The van der Waals surface area contributed by atoms with E-state index in [1.54, 1.807) is 0 Å². The summed E-state index contributed by atoms with van der Waals surface area (Å²) in [6, 6.07) is 9.69. The molecule has 0 saturated carbocycles. The van der Waals surface area contributed by atoms with Gasteiger partial charge in [-0.25, -0.2) is 0 Å². The third-order valence-electron chi connectivity index (χ3n) is 2.98. The van der Waals surface area contributed by atoms with Crippen molar-refractivity contribution < 1.29 is 4.79 Å². The zero-order chi connectivity index (χ0) is 13.0. The maximum Gasteiger partial charge on any atom is 0.390 e. The first-order valence-electron chi connectivity index (χ1n) is 5.79. The minimum Gasteiger partial charge on any atom is -0.382 e. The van der Waals surface area contributed by atoms with E-state index in [4.69, 9.17) is 5.84 Å². The van der Waals surface area contributed by atoms with E-state index in [1.807, 2.05) is 66.8 Å². The molecular weight excluding hydrogens is 239 g/mol. The second-order valence-electron chi connectivity index (χ2n) is 4.25. The highest BCUT2D eigenvalue weighted by Crippen LogP contribution is 2.30. The Morgan fingerprint density at radius 1 is 1.06 bits per heavy atom. The van der Waals surface area contributed by atoms with Crippen molar-refractivity contribution in [2.45, 2.75) is 5.41 Å². The molecule has 0 bridgehead atoms. The number of amides is 1. The highest BCUT2D eigenvalue weighted by Gasteiger charge is 2.36. The van der Waals surface area contributed by atoms with Crippen LogP contribution in [0.3, 0.4) is 0 Å². The number of rotatable bonds is 2. The molecule has 90 valence electrons. The van der Waals surface area contributed by atoms with Gasteiger partial charge in [0.1, 0.15) is 5.41 Å². The predicted octanol–water partition coefficient (Wildman–Crippen LogP) is 0.857. The lowest BCUT2D eigenvalue weighted by molar-refractivity contribution is -0.129. The van der Waals surface area contributed by atoms with Crippen molar-refractivity contribution in [1.29, 1.82) is 0 Å². The van der Waals surface area contributed by atoms with E-state index in [9.17, 15) is 4.79 Å². The van der Waals surface area contributed by atoms with Crippen molar-refractivity contribution >= 4 is 22.4 Å². The lowest BCUT2D eigenvalue weighted by atomic mass is 9.79. The summed E-state index contributed by atoms with van der Waals surface area (Å²) in [6.07, 6.45) is 11.4. The first-order chi connectivity index (χ1) is 8.67. The smallest absolute Gasteiger partial charge is 0.382 e. The van der Waals surface area contributed by atoms with E-state index in [2.05, 4.69) is 0 Å². The number of benzene rings is 1. The van der Waals surface area contributed by atoms with Crippen LogP contribution in [0.1, 0.15) is 5.56 Å². The van der Waals surface area contributed by atoms with Crippen LogP contribution in [0.15, 0.2) is 66.8 Å². The molecule has 2 rings (SSSR count). The van der Waals surface area contributed by atoms with Crippen molar-refractivity contribution in [3.63, 3.8) is 0 Å². The van der Waals surface area contributed by atoms with Crippen LogP contribution in [0.2, 0.25) is 0 Å². The maximum atomic E-state index is 12.5. The highest BCUT2D eigenvalue weighted by molar-refractivity contribution is 6.16. The molecule has 4 heteroatoms. The van der Waals surface area contributed by atoms with Crippen LogP contribution in [0.5, 0.6) is 0 Å². The van der Waals surface area contributed by atoms with Crippen LogP contribution in [0, 0.1) is 0 Å². The van der Waals surface area contributed by atoms with Crippen molar-refractivity contribution in [2.75, 3.05) is 0 Å². The Kier molecular flexibility index (Phi) is 3.83. The number of carbonyl (C=O) groups is 1. The van der Waals surface area contributed by atoms with E-state index < -0.39 is 5.41 Å². The molecule has 0 aliphatic heterocycles. The van der Waals surface area contributed by atoms with Gasteiger partial charge in [0.05, 0.1) is 0 Å². The first kappa shape index (κ1) is 12.8. The van der Waals surface area contributed by atoms with E-state index in [1.165, 1.54) is 3.99 Å². The lowest BCUT2D eigenvalue weighted by Crippen LogP contribution is -2.47. The Bertz CT molecular complexity index is 502. The van der Waals surface area contributed by atoms with Crippen LogP contribution in [0.25, 0.3) is 0 Å². The SMILES string of the molecule is N[N]([AlH2])C(=O)C1(c2ccccc2)C=CC=CC=C1. The van der Waals surface area contributed by atoms with Gasteiger partial charge in [-0.05, 0) is 5.56 Å². The summed E-state index contributed by atoms with van der Waals surface area (Å²) < 4.78 is 1.27. The van der Waals surface area contributed by atoms with E-state index in [-0.39, 0.29) is 5.91 Å². The van der Waals surface area contributed by atoms with Gasteiger partial charge in [-0.2, -0.15) is 0 Å². The summed E-state index contributed by atoms with van der Waals surface area (Å²) in [6.45, 7) is 0. The number of carbonyl (C=O) groups excluding carboxylic acids is 1. The highest BCUT2D eigenvalue weighted by atomic mass is 27.1. The van der Waals surface area contributed by atoms with Gasteiger partial charge < -0.3 is 3.99 Å². The number of nitrogens with two attached hydrogens (primary N) is 1. The van der Waals surface area contributed by atoms with Gasteiger partial charge in [0.2, 0.25) is 5.91 Å². The molecule has 0 spiro atoms. The molecule has 18 heavy (non-hydrogen) atoms. The molecule has 2 N–H and O–H groups in total. The molecule has 0 unspecified atom stereocenters. The van der Waals surface area contributed by atoms with Crippen molar-refractivity contribution in [3.8, 4) is 0 Å². The van der Waals surface area contributed by atoms with Crippen LogP contribution < -0.4 is 5.84 Å². The molecular formula is C14H15AlN2O. The second kappa shape index (κ2) is 5.37. The van der Waals surface area contributed by atoms with Crippen LogP contribution in [-0.4, -0.2) is 26.4 Å². The minimum atomic E-state index is -0.790. The van der Waals surface area contributed by atoms with Crippen molar-refractivity contribution in [1.82, 2.24) is 3.99 Å². The molecule has 0 atom stereocenters. The predicted molar refractivity (Wildman–Crippen MR) is 75.1 cm³/mol. The first-order valence-corrected chi connectivity index (χ1v) is 6.68. The Hall–Kier alpha value is -1.60. The zero-order valence-corrected chi connectivity index (χ0v) is 12.3. The summed E-state index contributed by atoms with van der Waals surface area (Å²) in [4.78, 5) is 12.5. The standard InChI is InChI=1S/C14H14N2O.Al.2H/c15-16-13(17)14(10-6-1-2-7-11-14)12-8-4-3-5-9-12;;;/h1-11H,15H2,(H,16,17);;;/q;+1;;/p-1. The molecule has 1 amide bonds. The zero-order valence-electron chi connectivity index (χ0n) is 10.3. The van der Waals surface area contributed by atoms with E-state index in [0.717, 1.165) is 5.56 Å². The number of hydrazine groups is 1. The fraction of sp³-hybridized carbons (Fsp3) is 0.0714. The van der Waals surface area contributed by atoms with Crippen LogP contribution >= 0.6 is 0 Å². The Morgan fingerprint density at radius 3 is 2.11 bits per heavy atom. The van der Waals surface area contributed by atoms with E-state index in [0.29, 0.717) is 16.5 Å². The Labute approximate surface area is 115 Å². The van der Waals surface area contributed by atoms with Gasteiger partial charge in [0, 0.05) is 0 Å². The van der Waals surface area contributed by atoms with Gasteiger partial charge >= 0.3 is 16.5 Å². The summed E-state index contributed by atoms with van der Waals surface area (Å²) in [5.74, 6) is 5.60. The summed E-state index contributed by atoms with van der Waals surface area (Å²) in [5, 5.41) is 0. The van der Waals surface area contributed by atoms with Crippen LogP contribution in [0.4, 0.5) is 0 Å². The molecule has 1 aliphatic carbocycles. The number of nitrogens with zero attached hydrogens (tertiary/aromatic N) is 1. The topological polar surface area (TPSA) is 46.3 Å². The largest absolute Gasteiger partial charge is 0.390 e. The number of hydrogen-bond acceptors (Lipinski definition) is 2. The fourth-order valence-corrected chi connectivity index (χ4v) is 2.43. The quantitative estimate of drug-likeness (QED) is 0.368. The Morgan fingerprint density at radius 2 is 1.61 bits per heavy atom. The molecule has 0 radical (unpaired) electrons. The number of allylic oxidation sites excluding steroid dienone is 4. The summed E-state index contributed by atoms with van der Waals surface area (Å²) in [5.41, 5.74) is 0.138. The normalized spacial score (nSPS) is 16.3. The van der Waals surface area contributed by atoms with E-state index >= 15 is 0 Å². The minimum absolute atomic E-state index is 0.100. The molecule has 0 fully saturated rings. The maximum absolute atomic E-state index is 12.5. The average Bonchev–Trinajstić information content (AvgIpc) is 2.65. The van der Waals surface area contributed by atoms with Gasteiger partial charge in [-0.3, -0.25) is 10.6 Å². The third kappa shape index (κ3) is 2.32. The number of hydrogen-bond donors (Lipinski definition) is 1. The molecule has 0 saturated heterocycles. The lowest BCUT2D eigenvalue weighted by Gasteiger charge is -2.30. The second-order valence-corrected chi connectivity index (χ2v) is 5.22. The third-order valence-corrected chi connectivity index (χ3v) is 3.38. The fourth-order valence-electron chi connectivity index (χ4n) is 2.06.